The molecule has 1 aliphatic carbocycles. The zero-order valence-corrected chi connectivity index (χ0v) is 14.5. The van der Waals surface area contributed by atoms with Crippen LogP contribution in [0.15, 0.2) is 34.9 Å². The predicted molar refractivity (Wildman–Crippen MR) is 95.7 cm³/mol. The predicted octanol–water partition coefficient (Wildman–Crippen LogP) is 4.68. The van der Waals surface area contributed by atoms with Crippen molar-refractivity contribution in [2.75, 3.05) is 5.32 Å². The molecule has 1 aromatic carbocycles. The normalized spacial score (nSPS) is 12.2. The van der Waals surface area contributed by atoms with Gasteiger partial charge in [0, 0.05) is 12.0 Å². The number of anilines is 1. The Bertz CT molecular complexity index is 840. The summed E-state index contributed by atoms with van der Waals surface area (Å²) in [4.78, 5) is 20.1. The second kappa shape index (κ2) is 7.89. The van der Waals surface area contributed by atoms with Crippen molar-refractivity contribution < 1.29 is 14.4 Å². The number of carbonyl (C=O) groups is 1. The first-order valence-electron chi connectivity index (χ1n) is 8.06. The Hall–Kier alpha value is -2.74. The van der Waals surface area contributed by atoms with Crippen LogP contribution in [-0.4, -0.2) is 26.3 Å². The minimum absolute atomic E-state index is 0.262. The number of nitrogens with one attached hydrogen (secondary N) is 1. The summed E-state index contributed by atoms with van der Waals surface area (Å²) in [6, 6.07) is 9.44. The van der Waals surface area contributed by atoms with E-state index in [4.69, 9.17) is 9.63 Å². The van der Waals surface area contributed by atoms with Crippen molar-refractivity contribution in [3.05, 3.63) is 36.2 Å². The van der Waals surface area contributed by atoms with E-state index >= 15 is 0 Å². The van der Waals surface area contributed by atoms with E-state index in [1.807, 2.05) is 37.3 Å². The van der Waals surface area contributed by atoms with Crippen molar-refractivity contribution in [2.24, 2.45) is 0 Å². The Morgan fingerprint density at radius 2 is 1.96 bits per heavy atom. The molecule has 0 radical (unpaired) electrons. The zero-order chi connectivity index (χ0) is 17.6. The maximum absolute atomic E-state index is 10.8. The lowest BCUT2D eigenvalue weighted by Gasteiger charge is -1.97. The molecule has 0 atom stereocenters. The highest BCUT2D eigenvalue weighted by molar-refractivity contribution is 7.19. The topological polar surface area (TPSA) is 101 Å². The number of amides is 1. The summed E-state index contributed by atoms with van der Waals surface area (Å²) < 4.78 is 5.26. The van der Waals surface area contributed by atoms with Gasteiger partial charge in [-0.25, -0.2) is 9.78 Å². The fourth-order valence-electron chi connectivity index (χ4n) is 1.89. The van der Waals surface area contributed by atoms with Crippen LogP contribution in [0.2, 0.25) is 0 Å². The number of rotatable bonds is 4. The number of benzene rings is 1. The van der Waals surface area contributed by atoms with E-state index in [1.165, 1.54) is 19.3 Å². The molecule has 1 aliphatic rings. The quantitative estimate of drug-likeness (QED) is 0.702. The van der Waals surface area contributed by atoms with Gasteiger partial charge in [0.05, 0.1) is 5.69 Å². The van der Waals surface area contributed by atoms with Gasteiger partial charge in [-0.15, -0.1) is 0 Å². The summed E-state index contributed by atoms with van der Waals surface area (Å²) in [6.45, 7) is 1.93. The summed E-state index contributed by atoms with van der Waals surface area (Å²) in [5, 5.41) is 15.2. The maximum Gasteiger partial charge on any atom is 0.410 e. The zero-order valence-electron chi connectivity index (χ0n) is 13.7. The van der Waals surface area contributed by atoms with Crippen molar-refractivity contribution in [2.45, 2.75) is 32.6 Å². The monoisotopic (exact) mass is 358 g/mol. The number of thiazole rings is 1. The van der Waals surface area contributed by atoms with Crippen LogP contribution < -0.4 is 5.32 Å². The lowest BCUT2D eigenvalue weighted by molar-refractivity contribution is 0.209. The Balaban J connectivity index is 0.000000549. The second-order valence-electron chi connectivity index (χ2n) is 5.42. The minimum Gasteiger partial charge on any atom is -0.465 e. The highest BCUT2D eigenvalue weighted by atomic mass is 32.1. The van der Waals surface area contributed by atoms with Crippen LogP contribution in [-0.2, 0) is 6.42 Å². The molecule has 4 rings (SSSR count). The Kier molecular flexibility index (Phi) is 5.39. The lowest BCUT2D eigenvalue weighted by Crippen LogP contribution is -2.06. The smallest absolute Gasteiger partial charge is 0.410 e. The third-order valence-corrected chi connectivity index (χ3v) is 4.18. The average Bonchev–Trinajstić information content (AvgIpc) is 3.32. The van der Waals surface area contributed by atoms with E-state index in [9.17, 15) is 4.79 Å². The molecule has 7 nitrogen and oxygen atoms in total. The summed E-state index contributed by atoms with van der Waals surface area (Å²) in [5.74, 6) is 0.932. The molecule has 2 heterocycles. The molecule has 1 fully saturated rings. The molecule has 8 heteroatoms. The van der Waals surface area contributed by atoms with Crippen LogP contribution >= 0.6 is 11.3 Å². The van der Waals surface area contributed by atoms with Crippen LogP contribution in [0.1, 0.15) is 32.0 Å². The van der Waals surface area contributed by atoms with Crippen LogP contribution in [0.3, 0.4) is 0 Å². The standard InChI is InChI=1S/C14H12N4O3S.C3H6/c1-2-9-15-12(21-18-9)11-10(8-6-4-3-5-7-8)16-13(22-11)17-14(19)20;1-2-3-1/h3-7H,2H2,1H3,(H,16,17)(H,19,20);1-3H2. The van der Waals surface area contributed by atoms with Gasteiger partial charge in [-0.1, -0.05) is 73.0 Å². The summed E-state index contributed by atoms with van der Waals surface area (Å²) in [7, 11) is 0. The molecular weight excluding hydrogens is 340 g/mol. The number of carboxylic acid groups (broad SMARTS) is 1. The molecule has 2 aromatic heterocycles. The molecule has 0 spiro atoms. The molecule has 0 saturated heterocycles. The van der Waals surface area contributed by atoms with Gasteiger partial charge in [-0.05, 0) is 0 Å². The largest absolute Gasteiger partial charge is 0.465 e. The Labute approximate surface area is 148 Å². The number of aromatic nitrogens is 3. The van der Waals surface area contributed by atoms with Crippen molar-refractivity contribution in [3.8, 4) is 22.0 Å². The van der Waals surface area contributed by atoms with Crippen molar-refractivity contribution in [1.82, 2.24) is 15.1 Å². The fourth-order valence-corrected chi connectivity index (χ4v) is 2.79. The van der Waals surface area contributed by atoms with Gasteiger partial charge in [0.25, 0.3) is 5.89 Å². The Morgan fingerprint density at radius 3 is 2.52 bits per heavy atom. The van der Waals surface area contributed by atoms with Crippen molar-refractivity contribution in [3.63, 3.8) is 0 Å². The molecule has 2 N–H and O–H groups in total. The lowest BCUT2D eigenvalue weighted by atomic mass is 10.1. The van der Waals surface area contributed by atoms with E-state index in [-0.39, 0.29) is 5.13 Å². The number of nitrogens with zero attached hydrogens (tertiary/aromatic N) is 3. The first-order chi connectivity index (χ1) is 12.2. The van der Waals surface area contributed by atoms with Gasteiger partial charge in [0.15, 0.2) is 11.0 Å². The molecule has 130 valence electrons. The third-order valence-electron chi connectivity index (χ3n) is 3.22. The van der Waals surface area contributed by atoms with Crippen molar-refractivity contribution in [1.29, 1.82) is 0 Å². The van der Waals surface area contributed by atoms with E-state index in [0.29, 0.717) is 28.7 Å². The number of hydrogen-bond acceptors (Lipinski definition) is 6. The molecule has 1 saturated carbocycles. The van der Waals surface area contributed by atoms with E-state index in [2.05, 4.69) is 20.4 Å². The van der Waals surface area contributed by atoms with Gasteiger partial charge >= 0.3 is 6.09 Å². The van der Waals surface area contributed by atoms with Crippen molar-refractivity contribution >= 4 is 22.6 Å². The van der Waals surface area contributed by atoms with Gasteiger partial charge in [-0.3, -0.25) is 5.32 Å². The highest BCUT2D eigenvalue weighted by Crippen LogP contribution is 2.38. The second-order valence-corrected chi connectivity index (χ2v) is 6.42. The molecule has 0 bridgehead atoms. The van der Waals surface area contributed by atoms with E-state index < -0.39 is 6.09 Å². The minimum atomic E-state index is -1.17. The fraction of sp³-hybridized carbons (Fsp3) is 0.294. The van der Waals surface area contributed by atoms with Gasteiger partial charge < -0.3 is 9.63 Å². The van der Waals surface area contributed by atoms with Crippen LogP contribution in [0.5, 0.6) is 0 Å². The highest BCUT2D eigenvalue weighted by Gasteiger charge is 2.20. The number of hydrogen-bond donors (Lipinski definition) is 2. The molecule has 1 amide bonds. The number of aryl methyl sites for hydroxylation is 1. The molecule has 0 unspecified atom stereocenters. The van der Waals surface area contributed by atoms with E-state index in [0.717, 1.165) is 16.9 Å². The third kappa shape index (κ3) is 4.63. The molecular formula is C17H18N4O3S. The first-order valence-corrected chi connectivity index (χ1v) is 8.88. The SMILES string of the molecule is C1CC1.CCc1noc(-c2sc(NC(=O)O)nc2-c2ccccc2)n1. The maximum atomic E-state index is 10.8. The van der Waals surface area contributed by atoms with Gasteiger partial charge in [0.1, 0.15) is 4.88 Å². The summed E-state index contributed by atoms with van der Waals surface area (Å²) in [6.07, 6.45) is 3.99. The van der Waals surface area contributed by atoms with Crippen LogP contribution in [0.4, 0.5) is 9.93 Å². The summed E-state index contributed by atoms with van der Waals surface area (Å²) in [5.41, 5.74) is 1.46. The Morgan fingerprint density at radius 1 is 1.24 bits per heavy atom. The molecule has 25 heavy (non-hydrogen) atoms. The molecule has 0 aliphatic heterocycles. The average molecular weight is 358 g/mol. The summed E-state index contributed by atoms with van der Waals surface area (Å²) >= 11 is 1.16. The van der Waals surface area contributed by atoms with E-state index in [1.54, 1.807) is 0 Å². The van der Waals surface area contributed by atoms with Crippen LogP contribution in [0, 0.1) is 0 Å². The van der Waals surface area contributed by atoms with Gasteiger partial charge in [0.2, 0.25) is 0 Å². The van der Waals surface area contributed by atoms with Gasteiger partial charge in [-0.2, -0.15) is 4.98 Å². The first kappa shape index (κ1) is 17.1. The van der Waals surface area contributed by atoms with Crippen LogP contribution in [0.25, 0.3) is 22.0 Å². The molecule has 3 aromatic rings.